The van der Waals surface area contributed by atoms with Gasteiger partial charge < -0.3 is 35.6 Å². The molecule has 0 spiro atoms. The molecule has 1 saturated heterocycles. The molecular weight excluding hydrogens is 458 g/mol. The molecular formula is C25H25NO9. The largest absolute Gasteiger partial charge is 0.507 e. The number of rotatable bonds is 3. The topological polar surface area (TPSA) is 177 Å². The monoisotopic (exact) mass is 483 g/mol. The Hall–Kier alpha value is -3.15. The van der Waals surface area contributed by atoms with Crippen LogP contribution in [-0.2, 0) is 20.7 Å². The Labute approximate surface area is 199 Å². The van der Waals surface area contributed by atoms with Crippen LogP contribution in [0.5, 0.6) is 11.5 Å². The van der Waals surface area contributed by atoms with E-state index in [1.807, 2.05) is 0 Å². The highest BCUT2D eigenvalue weighted by Crippen LogP contribution is 2.51. The van der Waals surface area contributed by atoms with E-state index in [1.54, 1.807) is 12.1 Å². The summed E-state index contributed by atoms with van der Waals surface area (Å²) < 4.78 is 11.4. The van der Waals surface area contributed by atoms with E-state index in [2.05, 4.69) is 0 Å². The van der Waals surface area contributed by atoms with E-state index in [0.717, 1.165) is 0 Å². The van der Waals surface area contributed by atoms with Crippen LogP contribution in [0.1, 0.15) is 68.8 Å². The second kappa shape index (κ2) is 8.21. The van der Waals surface area contributed by atoms with Crippen molar-refractivity contribution in [1.82, 2.24) is 0 Å². The number of carbonyl (C=O) groups excluding carboxylic acids is 3. The number of carbonyl (C=O) groups is 3. The van der Waals surface area contributed by atoms with Crippen molar-refractivity contribution in [2.45, 2.75) is 56.3 Å². The molecule has 0 radical (unpaired) electrons. The lowest BCUT2D eigenvalue weighted by Gasteiger charge is -2.41. The van der Waals surface area contributed by atoms with Crippen LogP contribution in [0.2, 0.25) is 0 Å². The summed E-state index contributed by atoms with van der Waals surface area (Å²) in [6, 6.07) is 6.10. The second-order valence-electron chi connectivity index (χ2n) is 9.39. The molecule has 0 aromatic heterocycles. The fraction of sp³-hybridized carbons (Fsp3) is 0.400. The average Bonchev–Trinajstić information content (AvgIpc) is 2.82. The molecule has 5 atom stereocenters. The number of ether oxygens (including phenoxy) is 2. The maximum Gasteiger partial charge on any atom is 0.198 e. The average molecular weight is 483 g/mol. The smallest absolute Gasteiger partial charge is 0.198 e. The highest BCUT2D eigenvalue weighted by atomic mass is 16.7. The van der Waals surface area contributed by atoms with Gasteiger partial charge in [0.05, 0.1) is 35.5 Å². The van der Waals surface area contributed by atoms with Crippen LogP contribution in [0.25, 0.3) is 0 Å². The van der Waals surface area contributed by atoms with Gasteiger partial charge in [0.15, 0.2) is 17.9 Å². The molecule has 1 heterocycles. The number of phenols is 2. The summed E-state index contributed by atoms with van der Waals surface area (Å²) in [7, 11) is 0. The van der Waals surface area contributed by atoms with Crippen LogP contribution in [0.3, 0.4) is 0 Å². The number of ketones is 3. The van der Waals surface area contributed by atoms with Crippen LogP contribution >= 0.6 is 0 Å². The van der Waals surface area contributed by atoms with Crippen LogP contribution in [0.15, 0.2) is 24.3 Å². The van der Waals surface area contributed by atoms with Gasteiger partial charge in [0, 0.05) is 41.5 Å². The number of nitrogens with two attached hydrogens (primary N) is 1. The fourth-order valence-corrected chi connectivity index (χ4v) is 5.13. The van der Waals surface area contributed by atoms with Gasteiger partial charge >= 0.3 is 0 Å². The summed E-state index contributed by atoms with van der Waals surface area (Å²) in [5.41, 5.74) is 4.47. The molecule has 1 unspecified atom stereocenters. The summed E-state index contributed by atoms with van der Waals surface area (Å²) in [5, 5.41) is 42.3. The van der Waals surface area contributed by atoms with Gasteiger partial charge in [-0.1, -0.05) is 24.3 Å². The zero-order valence-corrected chi connectivity index (χ0v) is 18.9. The first-order chi connectivity index (χ1) is 16.5. The van der Waals surface area contributed by atoms with E-state index < -0.39 is 59.0 Å². The van der Waals surface area contributed by atoms with Crippen molar-refractivity contribution in [3.05, 3.63) is 57.6 Å². The van der Waals surface area contributed by atoms with Gasteiger partial charge in [0.25, 0.3) is 0 Å². The van der Waals surface area contributed by atoms with Gasteiger partial charge in [-0.25, -0.2) is 0 Å². The number of Topliss-reactive ketones (excluding diaryl/α,β-unsaturated/α-hetero) is 1. The molecule has 10 nitrogen and oxygen atoms in total. The molecule has 10 heteroatoms. The summed E-state index contributed by atoms with van der Waals surface area (Å²) in [4.78, 5) is 39.0. The second-order valence-corrected chi connectivity index (χ2v) is 9.39. The molecule has 2 aliphatic carbocycles. The van der Waals surface area contributed by atoms with Crippen LogP contribution in [0, 0.1) is 0 Å². The van der Waals surface area contributed by atoms with Crippen molar-refractivity contribution in [3.63, 3.8) is 0 Å². The van der Waals surface area contributed by atoms with E-state index in [9.17, 15) is 34.8 Å². The highest BCUT2D eigenvalue weighted by molar-refractivity contribution is 6.30. The zero-order valence-electron chi connectivity index (χ0n) is 18.9. The fourth-order valence-electron chi connectivity index (χ4n) is 5.13. The van der Waals surface area contributed by atoms with Gasteiger partial charge in [0.2, 0.25) is 0 Å². The number of phenolic OH excluding ortho intramolecular Hbond substituents is 2. The molecule has 3 aliphatic rings. The van der Waals surface area contributed by atoms with E-state index in [1.165, 1.54) is 19.1 Å². The van der Waals surface area contributed by atoms with E-state index in [0.29, 0.717) is 0 Å². The van der Waals surface area contributed by atoms with Gasteiger partial charge in [-0.05, 0) is 6.92 Å². The Morgan fingerprint density at radius 1 is 1.06 bits per heavy atom. The number of benzene rings is 2. The summed E-state index contributed by atoms with van der Waals surface area (Å²) in [6.45, 7) is 1.09. The Kier molecular flexibility index (Phi) is 5.53. The molecule has 0 saturated carbocycles. The first kappa shape index (κ1) is 23.6. The van der Waals surface area contributed by atoms with Gasteiger partial charge in [-0.2, -0.15) is 0 Å². The quantitative estimate of drug-likeness (QED) is 0.332. The highest BCUT2D eigenvalue weighted by Gasteiger charge is 2.48. The molecule has 1 fully saturated rings. The Morgan fingerprint density at radius 3 is 2.23 bits per heavy atom. The lowest BCUT2D eigenvalue weighted by atomic mass is 9.71. The third-order valence-electron chi connectivity index (χ3n) is 7.17. The van der Waals surface area contributed by atoms with Crippen LogP contribution in [0.4, 0.5) is 0 Å². The number of hydrogen-bond donors (Lipinski definition) is 5. The van der Waals surface area contributed by atoms with Crippen LogP contribution < -0.4 is 5.73 Å². The molecule has 2 aromatic rings. The molecule has 6 N–H and O–H groups in total. The predicted molar refractivity (Wildman–Crippen MR) is 119 cm³/mol. The molecule has 5 rings (SSSR count). The van der Waals surface area contributed by atoms with Crippen molar-refractivity contribution in [2.24, 2.45) is 5.73 Å². The summed E-state index contributed by atoms with van der Waals surface area (Å²) >= 11 is 0. The first-order valence-electron chi connectivity index (χ1n) is 11.3. The first-order valence-corrected chi connectivity index (χ1v) is 11.3. The number of aliphatic hydroxyl groups is 2. The summed E-state index contributed by atoms with van der Waals surface area (Å²) in [6.07, 6.45) is -4.74. The molecule has 0 bridgehead atoms. The number of hydrogen-bond acceptors (Lipinski definition) is 10. The third-order valence-corrected chi connectivity index (χ3v) is 7.17. The van der Waals surface area contributed by atoms with Crippen molar-refractivity contribution < 1.29 is 44.3 Å². The number of aliphatic hydroxyl groups excluding tert-OH is 2. The summed E-state index contributed by atoms with van der Waals surface area (Å²) in [5.74, 6) is -2.74. The van der Waals surface area contributed by atoms with Gasteiger partial charge in [-0.3, -0.25) is 14.4 Å². The Bertz CT molecular complexity index is 1270. The molecule has 0 amide bonds. The van der Waals surface area contributed by atoms with E-state index in [4.69, 9.17) is 15.2 Å². The lowest BCUT2D eigenvalue weighted by molar-refractivity contribution is -0.238. The standard InChI is InChI=1S/C25H25NO9/c1-10(27)25(26)7-13-18(16(8-25)35-17-6-14(28)15(29)9-34-17)24(33)20-19(23(13)32)21(30)11-4-2-3-5-12(11)22(20)31/h2-5,14-17,28-29,32-33H,6-9,26H2,1H3/t14-,15-,16?,17+,25+/m1/s1. The molecule has 35 heavy (non-hydrogen) atoms. The number of aromatic hydroxyl groups is 2. The van der Waals surface area contributed by atoms with Crippen molar-refractivity contribution >= 4 is 17.3 Å². The van der Waals surface area contributed by atoms with Gasteiger partial charge in [0.1, 0.15) is 23.4 Å². The SMILES string of the molecule is CC(=O)[C@]1(N)Cc2c(O)c3c(c(O)c2C(O[C@H]2C[C@@H](O)[C@H](O)CO2)C1)C(=O)c1ccccc1C3=O. The lowest BCUT2D eigenvalue weighted by Crippen LogP contribution is -2.53. The minimum absolute atomic E-state index is 0.0344. The van der Waals surface area contributed by atoms with E-state index >= 15 is 0 Å². The minimum Gasteiger partial charge on any atom is -0.507 e. The maximum atomic E-state index is 13.3. The Balaban J connectivity index is 1.67. The zero-order chi connectivity index (χ0) is 25.2. The maximum absolute atomic E-state index is 13.3. The number of fused-ring (bicyclic) bond motifs is 3. The van der Waals surface area contributed by atoms with Crippen molar-refractivity contribution in [2.75, 3.05) is 6.61 Å². The van der Waals surface area contributed by atoms with Gasteiger partial charge in [-0.15, -0.1) is 0 Å². The molecule has 2 aromatic carbocycles. The van der Waals surface area contributed by atoms with Crippen molar-refractivity contribution in [3.8, 4) is 11.5 Å². The predicted octanol–water partition coefficient (Wildman–Crippen LogP) is 0.632. The molecule has 1 aliphatic heterocycles. The van der Waals surface area contributed by atoms with Crippen LogP contribution in [-0.4, -0.2) is 68.4 Å². The van der Waals surface area contributed by atoms with E-state index in [-0.39, 0.29) is 59.3 Å². The Morgan fingerprint density at radius 2 is 1.66 bits per heavy atom. The third kappa shape index (κ3) is 3.57. The molecule has 184 valence electrons. The minimum atomic E-state index is -1.50. The van der Waals surface area contributed by atoms with Crippen molar-refractivity contribution in [1.29, 1.82) is 0 Å². The normalized spacial score (nSPS) is 29.8.